The van der Waals surface area contributed by atoms with E-state index in [0.717, 1.165) is 12.8 Å². The summed E-state index contributed by atoms with van der Waals surface area (Å²) in [7, 11) is 3.71. The van der Waals surface area contributed by atoms with E-state index >= 15 is 0 Å². The highest BCUT2D eigenvalue weighted by Crippen LogP contribution is 2.35. The molecule has 0 radical (unpaired) electrons. The van der Waals surface area contributed by atoms with Gasteiger partial charge in [-0.1, -0.05) is 0 Å². The van der Waals surface area contributed by atoms with Crippen LogP contribution in [0.15, 0.2) is 11.8 Å². The van der Waals surface area contributed by atoms with Gasteiger partial charge >= 0.3 is 5.97 Å². The number of esters is 1. The lowest BCUT2D eigenvalue weighted by atomic mass is 10.0. The van der Waals surface area contributed by atoms with Gasteiger partial charge in [0.1, 0.15) is 6.10 Å². The quantitative estimate of drug-likeness (QED) is 0.427. The van der Waals surface area contributed by atoms with Gasteiger partial charge in [-0.2, -0.15) is 0 Å². The summed E-state index contributed by atoms with van der Waals surface area (Å²) < 4.78 is 10.3. The van der Waals surface area contributed by atoms with Gasteiger partial charge in [-0.3, -0.25) is 0 Å². The molecular formula is C13H21NO3. The van der Waals surface area contributed by atoms with Gasteiger partial charge in [0.25, 0.3) is 0 Å². The number of hydrogen-bond acceptors (Lipinski definition) is 4. The number of piperidine rings is 1. The smallest absolute Gasteiger partial charge is 0.337 e. The third kappa shape index (κ3) is 2.63. The standard InChI is InChI=1S/C13H21NO3/c1-9(8-16-3)13(15)17-12-6-10-4-5-11(7-12)14(10)2/h8,10-12H,4-7H2,1-3H3/t10-,11+,12?. The minimum atomic E-state index is -0.249. The van der Waals surface area contributed by atoms with Gasteiger partial charge in [-0.05, 0) is 26.8 Å². The molecule has 0 aliphatic carbocycles. The van der Waals surface area contributed by atoms with Crippen molar-refractivity contribution in [2.45, 2.75) is 50.8 Å². The number of nitrogens with zero attached hydrogens (tertiary/aromatic N) is 1. The molecule has 4 nitrogen and oxygen atoms in total. The van der Waals surface area contributed by atoms with Crippen LogP contribution in [-0.4, -0.2) is 43.2 Å². The van der Waals surface area contributed by atoms with Crippen molar-refractivity contribution >= 4 is 5.97 Å². The summed E-state index contributed by atoms with van der Waals surface area (Å²) in [6, 6.07) is 1.19. The van der Waals surface area contributed by atoms with Gasteiger partial charge < -0.3 is 14.4 Å². The predicted molar refractivity (Wildman–Crippen MR) is 64.5 cm³/mol. The Morgan fingerprint density at radius 1 is 1.29 bits per heavy atom. The Hall–Kier alpha value is -1.03. The summed E-state index contributed by atoms with van der Waals surface area (Å²) in [5.74, 6) is -0.249. The SMILES string of the molecule is COC=C(C)C(=O)OC1C[C@H]2CC[C@@H](C1)N2C. The molecule has 2 aliphatic heterocycles. The molecular weight excluding hydrogens is 218 g/mol. The average Bonchev–Trinajstić information content (AvgIpc) is 2.53. The second-order valence-corrected chi connectivity index (χ2v) is 5.09. The minimum absolute atomic E-state index is 0.0800. The molecule has 0 aromatic rings. The molecule has 2 bridgehead atoms. The van der Waals surface area contributed by atoms with Crippen LogP contribution < -0.4 is 0 Å². The minimum Gasteiger partial charge on any atom is -0.504 e. The topological polar surface area (TPSA) is 38.8 Å². The molecule has 2 saturated heterocycles. The lowest BCUT2D eigenvalue weighted by molar-refractivity contribution is -0.147. The normalized spacial score (nSPS) is 33.6. The third-order valence-corrected chi connectivity index (χ3v) is 3.95. The lowest BCUT2D eigenvalue weighted by Gasteiger charge is -2.35. The molecule has 17 heavy (non-hydrogen) atoms. The molecule has 0 aromatic heterocycles. The Morgan fingerprint density at radius 3 is 2.41 bits per heavy atom. The second kappa shape index (κ2) is 5.08. The van der Waals surface area contributed by atoms with Gasteiger partial charge in [0.05, 0.1) is 18.9 Å². The fourth-order valence-electron chi connectivity index (χ4n) is 2.93. The maximum absolute atomic E-state index is 11.7. The number of carbonyl (C=O) groups is 1. The number of carbonyl (C=O) groups excluding carboxylic acids is 1. The molecule has 3 atom stereocenters. The highest BCUT2D eigenvalue weighted by Gasteiger charge is 2.39. The first-order valence-electron chi connectivity index (χ1n) is 6.24. The first kappa shape index (κ1) is 12.4. The third-order valence-electron chi connectivity index (χ3n) is 3.95. The van der Waals surface area contributed by atoms with E-state index in [1.54, 1.807) is 6.92 Å². The van der Waals surface area contributed by atoms with Crippen molar-refractivity contribution in [2.24, 2.45) is 0 Å². The van der Waals surface area contributed by atoms with Gasteiger partial charge in [-0.25, -0.2) is 4.79 Å². The van der Waals surface area contributed by atoms with Crippen molar-refractivity contribution in [1.29, 1.82) is 0 Å². The Labute approximate surface area is 103 Å². The summed E-state index contributed by atoms with van der Waals surface area (Å²) in [5.41, 5.74) is 0.527. The summed E-state index contributed by atoms with van der Waals surface area (Å²) in [6.07, 6.45) is 5.94. The van der Waals surface area contributed by atoms with Crippen molar-refractivity contribution in [2.75, 3.05) is 14.2 Å². The van der Waals surface area contributed by atoms with Gasteiger partial charge in [0.15, 0.2) is 0 Å². The second-order valence-electron chi connectivity index (χ2n) is 5.09. The summed E-state index contributed by atoms with van der Waals surface area (Å²) >= 11 is 0. The van der Waals surface area contributed by atoms with Gasteiger partial charge in [-0.15, -0.1) is 0 Å². The molecule has 2 fully saturated rings. The zero-order valence-electron chi connectivity index (χ0n) is 10.8. The number of methoxy groups -OCH3 is 1. The molecule has 2 aliphatic rings. The van der Waals surface area contributed by atoms with E-state index in [9.17, 15) is 4.79 Å². The van der Waals surface area contributed by atoms with Crippen LogP contribution >= 0.6 is 0 Å². The van der Waals surface area contributed by atoms with Crippen molar-refractivity contribution in [3.63, 3.8) is 0 Å². The van der Waals surface area contributed by atoms with Crippen LogP contribution in [0.5, 0.6) is 0 Å². The Bertz CT molecular complexity index is 313. The van der Waals surface area contributed by atoms with Crippen LogP contribution in [0.25, 0.3) is 0 Å². The lowest BCUT2D eigenvalue weighted by Crippen LogP contribution is -2.43. The molecule has 2 heterocycles. The largest absolute Gasteiger partial charge is 0.504 e. The van der Waals surface area contributed by atoms with Crippen molar-refractivity contribution in [1.82, 2.24) is 4.90 Å². The van der Waals surface area contributed by atoms with Crippen LogP contribution in [0.3, 0.4) is 0 Å². The van der Waals surface area contributed by atoms with Crippen molar-refractivity contribution < 1.29 is 14.3 Å². The van der Waals surface area contributed by atoms with Crippen molar-refractivity contribution in [3.05, 3.63) is 11.8 Å². The molecule has 1 unspecified atom stereocenters. The fourth-order valence-corrected chi connectivity index (χ4v) is 2.93. The predicted octanol–water partition coefficient (Wildman–Crippen LogP) is 1.71. The van der Waals surface area contributed by atoms with E-state index in [1.807, 2.05) is 0 Å². The molecule has 0 N–H and O–H groups in total. The van der Waals surface area contributed by atoms with Crippen LogP contribution in [0.1, 0.15) is 32.6 Å². The zero-order chi connectivity index (χ0) is 12.4. The Morgan fingerprint density at radius 2 is 1.88 bits per heavy atom. The number of fused-ring (bicyclic) bond motifs is 2. The number of hydrogen-bond donors (Lipinski definition) is 0. The summed E-state index contributed by atoms with van der Waals surface area (Å²) in [6.45, 7) is 1.72. The van der Waals surface area contributed by atoms with E-state index in [0.29, 0.717) is 17.7 Å². The first-order valence-corrected chi connectivity index (χ1v) is 6.24. The van der Waals surface area contributed by atoms with Crippen LogP contribution in [-0.2, 0) is 14.3 Å². The molecule has 0 saturated carbocycles. The summed E-state index contributed by atoms with van der Waals surface area (Å²) in [5, 5.41) is 0. The molecule has 0 spiro atoms. The maximum atomic E-state index is 11.7. The Kier molecular flexibility index (Phi) is 3.72. The van der Waals surface area contributed by atoms with Gasteiger partial charge in [0, 0.05) is 24.9 Å². The van der Waals surface area contributed by atoms with Crippen LogP contribution in [0.4, 0.5) is 0 Å². The zero-order valence-corrected chi connectivity index (χ0v) is 10.8. The van der Waals surface area contributed by atoms with Crippen LogP contribution in [0.2, 0.25) is 0 Å². The van der Waals surface area contributed by atoms with Crippen LogP contribution in [0, 0.1) is 0 Å². The highest BCUT2D eigenvalue weighted by molar-refractivity contribution is 5.87. The van der Waals surface area contributed by atoms with E-state index in [4.69, 9.17) is 9.47 Å². The first-order chi connectivity index (χ1) is 8.11. The van der Waals surface area contributed by atoms with Gasteiger partial charge in [0.2, 0.25) is 0 Å². The van der Waals surface area contributed by atoms with E-state index in [-0.39, 0.29) is 12.1 Å². The molecule has 2 rings (SSSR count). The molecule has 96 valence electrons. The average molecular weight is 239 g/mol. The maximum Gasteiger partial charge on any atom is 0.337 e. The van der Waals surface area contributed by atoms with Crippen molar-refractivity contribution in [3.8, 4) is 0 Å². The number of ether oxygens (including phenoxy) is 2. The molecule has 0 amide bonds. The number of rotatable bonds is 3. The van der Waals surface area contributed by atoms with E-state index in [2.05, 4.69) is 11.9 Å². The summed E-state index contributed by atoms with van der Waals surface area (Å²) in [4.78, 5) is 14.2. The molecule has 0 aromatic carbocycles. The fraction of sp³-hybridized carbons (Fsp3) is 0.769. The van der Waals surface area contributed by atoms with E-state index in [1.165, 1.54) is 26.2 Å². The molecule has 4 heteroatoms. The highest BCUT2D eigenvalue weighted by atomic mass is 16.5. The Balaban J connectivity index is 1.89. The monoisotopic (exact) mass is 239 g/mol. The van der Waals surface area contributed by atoms with E-state index < -0.39 is 0 Å².